The van der Waals surface area contributed by atoms with Gasteiger partial charge in [-0.3, -0.25) is 9.59 Å². The molecule has 5 rings (SSSR count). The Kier molecular flexibility index (Phi) is 6.72. The van der Waals surface area contributed by atoms with Crippen LogP contribution in [0.4, 0.5) is 0 Å². The van der Waals surface area contributed by atoms with Crippen LogP contribution in [0.2, 0.25) is 0 Å². The molecule has 2 amide bonds. The predicted octanol–water partition coefficient (Wildman–Crippen LogP) is 4.41. The van der Waals surface area contributed by atoms with E-state index < -0.39 is 6.10 Å². The van der Waals surface area contributed by atoms with Crippen LogP contribution in [0.3, 0.4) is 0 Å². The van der Waals surface area contributed by atoms with Gasteiger partial charge in [-0.2, -0.15) is 0 Å². The van der Waals surface area contributed by atoms with Gasteiger partial charge in [-0.1, -0.05) is 12.1 Å². The molecule has 36 heavy (non-hydrogen) atoms. The van der Waals surface area contributed by atoms with Gasteiger partial charge in [0.05, 0.1) is 18.4 Å². The van der Waals surface area contributed by atoms with E-state index >= 15 is 0 Å². The molecule has 0 aliphatic carbocycles. The molecule has 1 atom stereocenters. The number of rotatable bonds is 6. The van der Waals surface area contributed by atoms with Crippen molar-refractivity contribution < 1.29 is 19.1 Å². The summed E-state index contributed by atoms with van der Waals surface area (Å²) in [6.07, 6.45) is 6.14. The van der Waals surface area contributed by atoms with Crippen LogP contribution in [-0.4, -0.2) is 65.6 Å². The Morgan fingerprint density at radius 2 is 1.44 bits per heavy atom. The molecule has 3 heterocycles. The number of amides is 2. The van der Waals surface area contributed by atoms with E-state index in [0.29, 0.717) is 18.8 Å². The summed E-state index contributed by atoms with van der Waals surface area (Å²) in [4.78, 5) is 30.4. The van der Waals surface area contributed by atoms with Gasteiger partial charge in [0, 0.05) is 38.6 Å². The highest BCUT2D eigenvalue weighted by atomic mass is 16.5. The number of benzene rings is 2. The van der Waals surface area contributed by atoms with E-state index in [0.717, 1.165) is 49.4 Å². The molecule has 1 spiro atoms. The summed E-state index contributed by atoms with van der Waals surface area (Å²) < 4.78 is 13.1. The maximum atomic E-state index is 13.4. The Hall–Kier alpha value is -3.74. The van der Waals surface area contributed by atoms with Gasteiger partial charge >= 0.3 is 0 Å². The first-order valence-electron chi connectivity index (χ1n) is 12.6. The van der Waals surface area contributed by atoms with Crippen molar-refractivity contribution in [1.82, 2.24) is 14.4 Å². The average Bonchev–Trinajstić information content (AvgIpc) is 3.60. The quantitative estimate of drug-likeness (QED) is 0.517. The molecule has 0 bridgehead atoms. The van der Waals surface area contributed by atoms with Gasteiger partial charge < -0.3 is 23.8 Å². The van der Waals surface area contributed by atoms with Gasteiger partial charge in [0.15, 0.2) is 6.10 Å². The van der Waals surface area contributed by atoms with E-state index in [1.54, 1.807) is 14.0 Å². The second kappa shape index (κ2) is 10.1. The van der Waals surface area contributed by atoms with E-state index in [2.05, 4.69) is 0 Å². The molecule has 1 unspecified atom stereocenters. The molecule has 2 fully saturated rings. The number of methoxy groups -OCH3 is 1. The van der Waals surface area contributed by atoms with Gasteiger partial charge in [-0.15, -0.1) is 0 Å². The van der Waals surface area contributed by atoms with Crippen LogP contribution in [-0.2, 0) is 4.79 Å². The van der Waals surface area contributed by atoms with Crippen molar-refractivity contribution in [2.24, 2.45) is 5.41 Å². The zero-order valence-electron chi connectivity index (χ0n) is 20.9. The van der Waals surface area contributed by atoms with Crippen molar-refractivity contribution in [1.29, 1.82) is 0 Å². The first-order valence-corrected chi connectivity index (χ1v) is 12.6. The fourth-order valence-corrected chi connectivity index (χ4v) is 5.43. The number of carbonyl (C=O) groups excluding carboxylic acids is 2. The third kappa shape index (κ3) is 4.83. The van der Waals surface area contributed by atoms with Crippen LogP contribution in [0.25, 0.3) is 5.69 Å². The van der Waals surface area contributed by atoms with Crippen molar-refractivity contribution in [2.45, 2.75) is 32.3 Å². The third-order valence-electron chi connectivity index (χ3n) is 7.60. The van der Waals surface area contributed by atoms with Gasteiger partial charge in [-0.25, -0.2) is 0 Å². The number of hydrogen-bond donors (Lipinski definition) is 0. The van der Waals surface area contributed by atoms with Crippen LogP contribution in [0.5, 0.6) is 11.5 Å². The minimum atomic E-state index is -0.555. The summed E-state index contributed by atoms with van der Waals surface area (Å²) >= 11 is 0. The average molecular weight is 488 g/mol. The molecule has 0 saturated carbocycles. The van der Waals surface area contributed by atoms with Crippen LogP contribution in [0.15, 0.2) is 73.1 Å². The lowest BCUT2D eigenvalue weighted by Crippen LogP contribution is -2.46. The number of aromatic nitrogens is 1. The molecule has 0 radical (unpaired) electrons. The lowest BCUT2D eigenvalue weighted by atomic mass is 9.77. The molecule has 7 heteroatoms. The number of likely N-dealkylation sites (tertiary alicyclic amines) is 2. The minimum Gasteiger partial charge on any atom is -0.497 e. The van der Waals surface area contributed by atoms with Gasteiger partial charge in [0.1, 0.15) is 11.5 Å². The molecule has 188 valence electrons. The molecular weight excluding hydrogens is 454 g/mol. The summed E-state index contributed by atoms with van der Waals surface area (Å²) in [5.74, 6) is 1.49. The summed E-state index contributed by atoms with van der Waals surface area (Å²) in [5.41, 5.74) is 1.69. The van der Waals surface area contributed by atoms with Crippen LogP contribution in [0.1, 0.15) is 36.5 Å². The van der Waals surface area contributed by atoms with Gasteiger partial charge in [0.25, 0.3) is 11.8 Å². The van der Waals surface area contributed by atoms with Crippen LogP contribution < -0.4 is 9.47 Å². The maximum Gasteiger partial charge on any atom is 0.263 e. The van der Waals surface area contributed by atoms with Gasteiger partial charge in [0.2, 0.25) is 0 Å². The van der Waals surface area contributed by atoms with Crippen molar-refractivity contribution in [3.05, 3.63) is 78.6 Å². The zero-order chi connectivity index (χ0) is 25.1. The van der Waals surface area contributed by atoms with Crippen molar-refractivity contribution in [2.75, 3.05) is 33.3 Å². The Morgan fingerprint density at radius 1 is 0.833 bits per heavy atom. The summed E-state index contributed by atoms with van der Waals surface area (Å²) in [6, 6.07) is 19.0. The Balaban J connectivity index is 1.18. The minimum absolute atomic E-state index is 0.0156. The highest BCUT2D eigenvalue weighted by molar-refractivity contribution is 5.97. The normalized spacial score (nSPS) is 17.7. The molecule has 7 nitrogen and oxygen atoms in total. The molecule has 0 N–H and O–H groups in total. The highest BCUT2D eigenvalue weighted by Gasteiger charge is 2.43. The SMILES string of the molecule is COc1ccc(OC(C)C(=O)N2CCC3(CCN(C(=O)c4ccccc4-n4cccc4)CC3)C2)cc1. The van der Waals surface area contributed by atoms with Crippen molar-refractivity contribution in [3.63, 3.8) is 0 Å². The second-order valence-electron chi connectivity index (χ2n) is 9.85. The Morgan fingerprint density at radius 3 is 2.11 bits per heavy atom. The summed E-state index contributed by atoms with van der Waals surface area (Å²) in [6.45, 7) is 4.68. The molecular formula is C29H33N3O4. The van der Waals surface area contributed by atoms with E-state index in [1.165, 1.54) is 0 Å². The van der Waals surface area contributed by atoms with Crippen LogP contribution >= 0.6 is 0 Å². The fourth-order valence-electron chi connectivity index (χ4n) is 5.43. The van der Waals surface area contributed by atoms with E-state index in [-0.39, 0.29) is 17.2 Å². The molecule has 2 saturated heterocycles. The lowest BCUT2D eigenvalue weighted by molar-refractivity contribution is -0.137. The van der Waals surface area contributed by atoms with Gasteiger partial charge in [-0.05, 0) is 80.1 Å². The second-order valence-corrected chi connectivity index (χ2v) is 9.85. The van der Waals surface area contributed by atoms with E-state index in [4.69, 9.17) is 9.47 Å². The van der Waals surface area contributed by atoms with E-state index in [9.17, 15) is 9.59 Å². The Bertz CT molecular complexity index is 1200. The first kappa shape index (κ1) is 24.0. The summed E-state index contributed by atoms with van der Waals surface area (Å²) in [7, 11) is 1.62. The smallest absolute Gasteiger partial charge is 0.263 e. The standard InChI is InChI=1S/C29H33N3O4/c1-22(36-24-11-9-23(35-2)10-12-24)27(33)32-20-15-29(21-32)13-18-31(19-14-29)28(34)25-7-3-4-8-26(25)30-16-5-6-17-30/h3-12,16-17,22H,13-15,18-21H2,1-2H3. The monoisotopic (exact) mass is 487 g/mol. The zero-order valence-corrected chi connectivity index (χ0v) is 20.9. The summed E-state index contributed by atoms with van der Waals surface area (Å²) in [5, 5.41) is 0. The number of hydrogen-bond acceptors (Lipinski definition) is 4. The number of ether oxygens (including phenoxy) is 2. The lowest BCUT2D eigenvalue weighted by Gasteiger charge is -2.39. The molecule has 2 aromatic carbocycles. The largest absolute Gasteiger partial charge is 0.497 e. The number of nitrogens with zero attached hydrogens (tertiary/aromatic N) is 3. The third-order valence-corrected chi connectivity index (χ3v) is 7.60. The number of para-hydroxylation sites is 1. The van der Waals surface area contributed by atoms with E-state index in [1.807, 2.05) is 87.4 Å². The number of carbonyl (C=O) groups is 2. The molecule has 3 aromatic rings. The Labute approximate surface area is 212 Å². The highest BCUT2D eigenvalue weighted by Crippen LogP contribution is 2.41. The first-order chi connectivity index (χ1) is 17.5. The molecule has 2 aliphatic heterocycles. The van der Waals surface area contributed by atoms with Crippen molar-refractivity contribution in [3.8, 4) is 17.2 Å². The topological polar surface area (TPSA) is 64.0 Å². The molecule has 1 aromatic heterocycles. The maximum absolute atomic E-state index is 13.4. The fraction of sp³-hybridized carbons (Fsp3) is 0.379. The number of piperidine rings is 1. The predicted molar refractivity (Wildman–Crippen MR) is 138 cm³/mol. The van der Waals surface area contributed by atoms with Crippen LogP contribution in [0, 0.1) is 5.41 Å². The van der Waals surface area contributed by atoms with Crippen molar-refractivity contribution >= 4 is 11.8 Å². The molecule has 2 aliphatic rings.